The van der Waals surface area contributed by atoms with Gasteiger partial charge in [-0.25, -0.2) is 0 Å². The largest absolute Gasteiger partial charge is 0.378 e. The van der Waals surface area contributed by atoms with Crippen LogP contribution in [0.25, 0.3) is 11.1 Å². The van der Waals surface area contributed by atoms with Crippen molar-refractivity contribution >= 4 is 17.2 Å². The molecular formula is C34H40N4. The van der Waals surface area contributed by atoms with Crippen LogP contribution in [0, 0.1) is 5.92 Å². The molecule has 1 saturated carbocycles. The molecule has 0 saturated heterocycles. The molecular weight excluding hydrogens is 464 g/mol. The minimum Gasteiger partial charge on any atom is -0.378 e. The van der Waals surface area contributed by atoms with Gasteiger partial charge in [-0.1, -0.05) is 80.4 Å². The number of nitrogens with zero attached hydrogens (tertiary/aromatic N) is 3. The van der Waals surface area contributed by atoms with Crippen molar-refractivity contribution in [1.29, 1.82) is 0 Å². The highest BCUT2D eigenvalue weighted by Gasteiger charge is 2.22. The van der Waals surface area contributed by atoms with Crippen LogP contribution in [0.4, 0.5) is 11.4 Å². The van der Waals surface area contributed by atoms with Crippen LogP contribution in [0.1, 0.15) is 49.7 Å². The van der Waals surface area contributed by atoms with E-state index in [1.807, 2.05) is 6.20 Å². The van der Waals surface area contributed by atoms with Gasteiger partial charge in [0.25, 0.3) is 0 Å². The van der Waals surface area contributed by atoms with Gasteiger partial charge in [0, 0.05) is 44.1 Å². The number of nitrogens with one attached hydrogen (secondary N) is 1. The molecule has 4 heteroatoms. The summed E-state index contributed by atoms with van der Waals surface area (Å²) >= 11 is 0. The fraction of sp³-hybridized carbons (Fsp3) is 0.324. The maximum absolute atomic E-state index is 4.77. The summed E-state index contributed by atoms with van der Waals surface area (Å²) in [4.78, 5) is 9.34. The highest BCUT2D eigenvalue weighted by atomic mass is 15.1. The number of rotatable bonds is 9. The maximum Gasteiger partial charge on any atom is 0.104 e. The lowest BCUT2D eigenvalue weighted by Crippen LogP contribution is -2.27. The topological polar surface area (TPSA) is 30.9 Å². The Labute approximate surface area is 228 Å². The van der Waals surface area contributed by atoms with Gasteiger partial charge in [-0.05, 0) is 71.5 Å². The maximum atomic E-state index is 4.77. The minimum atomic E-state index is 0.552. The molecule has 2 aliphatic rings. The Morgan fingerprint density at radius 3 is 2.24 bits per heavy atom. The van der Waals surface area contributed by atoms with Gasteiger partial charge in [0.2, 0.25) is 0 Å². The van der Waals surface area contributed by atoms with E-state index in [0.29, 0.717) is 12.5 Å². The van der Waals surface area contributed by atoms with Crippen LogP contribution in [-0.2, 0) is 13.1 Å². The second-order valence-electron chi connectivity index (χ2n) is 10.7. The molecule has 1 N–H and O–H groups in total. The summed E-state index contributed by atoms with van der Waals surface area (Å²) in [6, 6.07) is 26.6. The molecule has 4 nitrogen and oxygen atoms in total. The van der Waals surface area contributed by atoms with E-state index in [4.69, 9.17) is 4.99 Å². The van der Waals surface area contributed by atoms with E-state index in [2.05, 4.69) is 115 Å². The summed E-state index contributed by atoms with van der Waals surface area (Å²) < 4.78 is 0. The number of anilines is 2. The van der Waals surface area contributed by atoms with E-state index < -0.39 is 0 Å². The average molecular weight is 505 g/mol. The Balaban J connectivity index is 1.36. The molecule has 196 valence electrons. The lowest BCUT2D eigenvalue weighted by atomic mass is 9.86. The molecule has 0 aromatic heterocycles. The molecule has 38 heavy (non-hydrogen) atoms. The molecule has 1 aliphatic heterocycles. The minimum absolute atomic E-state index is 0.552. The monoisotopic (exact) mass is 504 g/mol. The zero-order chi connectivity index (χ0) is 26.3. The Morgan fingerprint density at radius 1 is 0.868 bits per heavy atom. The zero-order valence-electron chi connectivity index (χ0n) is 22.9. The van der Waals surface area contributed by atoms with Crippen LogP contribution in [0.5, 0.6) is 0 Å². The number of hydrogen-bond acceptors (Lipinski definition) is 3. The third kappa shape index (κ3) is 6.36. The Hall–Kier alpha value is -3.79. The van der Waals surface area contributed by atoms with Crippen molar-refractivity contribution in [1.82, 2.24) is 5.32 Å². The molecule has 3 aromatic rings. The first kappa shape index (κ1) is 25.8. The third-order valence-corrected chi connectivity index (χ3v) is 7.79. The SMILES string of the molecule is C=C(C1CCCCC1)N(Cc1ccc(-c2ccc(N(C)C)cc2)cc1)c1cccc(CN=C2CC=CN2)c1. The number of benzene rings is 3. The number of allylic oxidation sites excluding steroid dienone is 1. The predicted molar refractivity (Wildman–Crippen MR) is 163 cm³/mol. The van der Waals surface area contributed by atoms with E-state index in [1.54, 1.807) is 0 Å². The van der Waals surface area contributed by atoms with Crippen LogP contribution in [0.3, 0.4) is 0 Å². The number of hydrogen-bond donors (Lipinski definition) is 1. The highest BCUT2D eigenvalue weighted by molar-refractivity contribution is 5.86. The standard InChI is InChI=1S/C34H40N4/c1-26(29-10-5-4-6-11-29)38(33-12-7-9-28(23-33)24-36-34-13-8-22-35-34)25-27-14-16-30(17-15-27)31-18-20-32(21-19-31)37(2)3/h7-9,12,14-23,29H,1,4-6,10-11,13,24-25H2,2-3H3,(H,35,36). The third-order valence-electron chi connectivity index (χ3n) is 7.79. The first-order chi connectivity index (χ1) is 18.6. The number of amidine groups is 1. The first-order valence-corrected chi connectivity index (χ1v) is 13.9. The summed E-state index contributed by atoms with van der Waals surface area (Å²) in [5, 5.41) is 3.22. The summed E-state index contributed by atoms with van der Waals surface area (Å²) in [5.74, 6) is 1.59. The molecule has 3 aromatic carbocycles. The molecule has 0 bridgehead atoms. The molecule has 1 fully saturated rings. The lowest BCUT2D eigenvalue weighted by Gasteiger charge is -2.34. The lowest BCUT2D eigenvalue weighted by molar-refractivity contribution is 0.396. The highest BCUT2D eigenvalue weighted by Crippen LogP contribution is 2.35. The summed E-state index contributed by atoms with van der Waals surface area (Å²) in [6.07, 6.45) is 11.4. The van der Waals surface area contributed by atoms with Gasteiger partial charge >= 0.3 is 0 Å². The molecule has 0 spiro atoms. The van der Waals surface area contributed by atoms with E-state index in [1.165, 1.54) is 71.4 Å². The summed E-state index contributed by atoms with van der Waals surface area (Å²) in [5.41, 5.74) is 8.67. The van der Waals surface area contributed by atoms with Crippen molar-refractivity contribution in [3.63, 3.8) is 0 Å². The molecule has 5 rings (SSSR count). The van der Waals surface area contributed by atoms with Crippen molar-refractivity contribution in [2.24, 2.45) is 10.9 Å². The van der Waals surface area contributed by atoms with Crippen LogP contribution in [0.15, 0.2) is 102 Å². The quantitative estimate of drug-likeness (QED) is 0.321. The Bertz CT molecular complexity index is 1270. The fourth-order valence-corrected chi connectivity index (χ4v) is 5.46. The van der Waals surface area contributed by atoms with Gasteiger partial charge in [0.1, 0.15) is 5.84 Å². The number of aliphatic imine (C=N–C) groups is 1. The van der Waals surface area contributed by atoms with Crippen molar-refractivity contribution in [3.05, 3.63) is 108 Å². The van der Waals surface area contributed by atoms with Gasteiger partial charge in [-0.3, -0.25) is 4.99 Å². The van der Waals surface area contributed by atoms with Gasteiger partial charge in [-0.15, -0.1) is 0 Å². The van der Waals surface area contributed by atoms with Gasteiger partial charge in [0.15, 0.2) is 0 Å². The van der Waals surface area contributed by atoms with Crippen molar-refractivity contribution < 1.29 is 0 Å². The van der Waals surface area contributed by atoms with E-state index in [-0.39, 0.29) is 0 Å². The molecule has 1 heterocycles. The van der Waals surface area contributed by atoms with Crippen molar-refractivity contribution in [2.75, 3.05) is 23.9 Å². The Morgan fingerprint density at radius 2 is 1.58 bits per heavy atom. The normalized spacial score (nSPS) is 16.4. The van der Waals surface area contributed by atoms with E-state index in [9.17, 15) is 0 Å². The Kier molecular flexibility index (Phi) is 8.28. The van der Waals surface area contributed by atoms with Crippen LogP contribution >= 0.6 is 0 Å². The van der Waals surface area contributed by atoms with Crippen molar-refractivity contribution in [2.45, 2.75) is 51.6 Å². The van der Waals surface area contributed by atoms with Crippen LogP contribution in [-0.4, -0.2) is 19.9 Å². The average Bonchev–Trinajstić information content (AvgIpc) is 3.49. The first-order valence-electron chi connectivity index (χ1n) is 13.9. The van der Waals surface area contributed by atoms with Crippen LogP contribution < -0.4 is 15.1 Å². The zero-order valence-corrected chi connectivity index (χ0v) is 22.9. The smallest absolute Gasteiger partial charge is 0.104 e. The summed E-state index contributed by atoms with van der Waals surface area (Å²) in [6.45, 7) is 6.16. The van der Waals surface area contributed by atoms with Crippen LogP contribution in [0.2, 0.25) is 0 Å². The van der Waals surface area contributed by atoms with Gasteiger partial charge in [0.05, 0.1) is 6.54 Å². The molecule has 1 aliphatic carbocycles. The van der Waals surface area contributed by atoms with Crippen molar-refractivity contribution in [3.8, 4) is 11.1 Å². The predicted octanol–water partition coefficient (Wildman–Crippen LogP) is 7.93. The summed E-state index contributed by atoms with van der Waals surface area (Å²) in [7, 11) is 4.15. The van der Waals surface area contributed by atoms with Gasteiger partial charge < -0.3 is 15.1 Å². The second kappa shape index (κ2) is 12.2. The second-order valence-corrected chi connectivity index (χ2v) is 10.7. The molecule has 0 unspecified atom stereocenters. The van der Waals surface area contributed by atoms with E-state index in [0.717, 1.165) is 18.8 Å². The fourth-order valence-electron chi connectivity index (χ4n) is 5.46. The van der Waals surface area contributed by atoms with Gasteiger partial charge in [-0.2, -0.15) is 0 Å². The molecule has 0 radical (unpaired) electrons. The van der Waals surface area contributed by atoms with E-state index >= 15 is 0 Å². The molecule has 0 amide bonds. The molecule has 0 atom stereocenters.